The molecule has 0 spiro atoms. The van der Waals surface area contributed by atoms with Gasteiger partial charge in [0, 0.05) is 18.1 Å². The maximum atomic E-state index is 6.40. The summed E-state index contributed by atoms with van der Waals surface area (Å²) in [6.07, 6.45) is 10.9. The highest BCUT2D eigenvalue weighted by atomic mass is 15.2. The summed E-state index contributed by atoms with van der Waals surface area (Å²) in [5.74, 6) is 0.992. The van der Waals surface area contributed by atoms with E-state index in [1.807, 2.05) is 0 Å². The molecule has 1 aliphatic heterocycles. The highest BCUT2D eigenvalue weighted by Crippen LogP contribution is 2.38. The van der Waals surface area contributed by atoms with E-state index in [4.69, 9.17) is 5.73 Å². The van der Waals surface area contributed by atoms with Gasteiger partial charge in [-0.1, -0.05) is 33.1 Å². The molecule has 2 aliphatic rings. The van der Waals surface area contributed by atoms with E-state index in [0.29, 0.717) is 12.1 Å². The summed E-state index contributed by atoms with van der Waals surface area (Å²) in [6.45, 7) is 5.88. The van der Waals surface area contributed by atoms with Gasteiger partial charge >= 0.3 is 0 Å². The zero-order chi connectivity index (χ0) is 12.3. The van der Waals surface area contributed by atoms with E-state index in [0.717, 1.165) is 12.0 Å². The summed E-state index contributed by atoms with van der Waals surface area (Å²) in [6, 6.07) is 1.91. The van der Waals surface area contributed by atoms with E-state index in [1.54, 1.807) is 0 Å². The van der Waals surface area contributed by atoms with E-state index in [9.17, 15) is 0 Å². The second kappa shape index (κ2) is 6.19. The Balaban J connectivity index is 1.99. The SMILES string of the molecule is CCCC(N)C(CC)N1CCC2CCCCC21. The molecule has 17 heavy (non-hydrogen) atoms. The van der Waals surface area contributed by atoms with E-state index in [2.05, 4.69) is 18.7 Å². The summed E-state index contributed by atoms with van der Waals surface area (Å²) in [5, 5.41) is 0. The van der Waals surface area contributed by atoms with E-state index in [-0.39, 0.29) is 0 Å². The highest BCUT2D eigenvalue weighted by molar-refractivity contribution is 4.95. The van der Waals surface area contributed by atoms with Gasteiger partial charge in [-0.05, 0) is 44.6 Å². The fraction of sp³-hybridized carbons (Fsp3) is 1.00. The predicted octanol–water partition coefficient (Wildman–Crippen LogP) is 3.16. The van der Waals surface area contributed by atoms with Crippen LogP contribution in [0.25, 0.3) is 0 Å². The van der Waals surface area contributed by atoms with Crippen molar-refractivity contribution in [1.82, 2.24) is 4.90 Å². The summed E-state index contributed by atoms with van der Waals surface area (Å²) in [4.78, 5) is 2.78. The van der Waals surface area contributed by atoms with E-state index < -0.39 is 0 Å². The van der Waals surface area contributed by atoms with E-state index in [1.165, 1.54) is 57.9 Å². The van der Waals surface area contributed by atoms with Crippen molar-refractivity contribution in [3.05, 3.63) is 0 Å². The number of nitrogens with two attached hydrogens (primary N) is 1. The van der Waals surface area contributed by atoms with Gasteiger partial charge in [-0.2, -0.15) is 0 Å². The van der Waals surface area contributed by atoms with Crippen LogP contribution < -0.4 is 5.73 Å². The summed E-state index contributed by atoms with van der Waals surface area (Å²) >= 11 is 0. The molecular formula is C15H30N2. The Morgan fingerprint density at radius 1 is 1.18 bits per heavy atom. The van der Waals surface area contributed by atoms with E-state index >= 15 is 0 Å². The topological polar surface area (TPSA) is 29.3 Å². The van der Waals surface area contributed by atoms with Crippen LogP contribution >= 0.6 is 0 Å². The number of hydrogen-bond acceptors (Lipinski definition) is 2. The van der Waals surface area contributed by atoms with Gasteiger partial charge in [0.2, 0.25) is 0 Å². The lowest BCUT2D eigenvalue weighted by atomic mass is 9.84. The molecule has 0 aromatic carbocycles. The summed E-state index contributed by atoms with van der Waals surface area (Å²) < 4.78 is 0. The standard InChI is InChI=1S/C15H30N2/c1-3-7-13(16)14(4-2)17-11-10-12-8-5-6-9-15(12)17/h12-15H,3-11,16H2,1-2H3. The molecule has 1 aliphatic carbocycles. The second-order valence-electron chi connectivity index (χ2n) is 6.07. The molecule has 1 saturated carbocycles. The van der Waals surface area contributed by atoms with Gasteiger partial charge in [0.1, 0.15) is 0 Å². The van der Waals surface area contributed by atoms with Crippen molar-refractivity contribution < 1.29 is 0 Å². The average molecular weight is 238 g/mol. The highest BCUT2D eigenvalue weighted by Gasteiger charge is 2.39. The van der Waals surface area contributed by atoms with Crippen molar-refractivity contribution in [2.24, 2.45) is 11.7 Å². The molecule has 0 radical (unpaired) electrons. The summed E-state index contributed by atoms with van der Waals surface area (Å²) in [5.41, 5.74) is 6.40. The van der Waals surface area contributed by atoms with Gasteiger partial charge in [-0.15, -0.1) is 0 Å². The van der Waals surface area contributed by atoms with Crippen molar-refractivity contribution in [1.29, 1.82) is 0 Å². The molecule has 0 aromatic rings. The number of nitrogens with zero attached hydrogens (tertiary/aromatic N) is 1. The molecule has 100 valence electrons. The van der Waals surface area contributed by atoms with Crippen LogP contribution in [0.5, 0.6) is 0 Å². The molecule has 0 bridgehead atoms. The maximum Gasteiger partial charge on any atom is 0.0247 e. The molecule has 2 fully saturated rings. The normalized spacial score (nSPS) is 33.4. The number of rotatable bonds is 5. The second-order valence-corrected chi connectivity index (χ2v) is 6.07. The predicted molar refractivity (Wildman–Crippen MR) is 74.0 cm³/mol. The van der Waals surface area contributed by atoms with Crippen molar-refractivity contribution >= 4 is 0 Å². The maximum absolute atomic E-state index is 6.40. The Morgan fingerprint density at radius 2 is 1.94 bits per heavy atom. The number of fused-ring (bicyclic) bond motifs is 1. The van der Waals surface area contributed by atoms with Crippen LogP contribution in [0.15, 0.2) is 0 Å². The molecular weight excluding hydrogens is 208 g/mol. The Hall–Kier alpha value is -0.0800. The minimum Gasteiger partial charge on any atom is -0.326 e. The lowest BCUT2D eigenvalue weighted by Crippen LogP contribution is -2.50. The van der Waals surface area contributed by atoms with Crippen LogP contribution in [-0.2, 0) is 0 Å². The molecule has 2 N–H and O–H groups in total. The first-order valence-electron chi connectivity index (χ1n) is 7.79. The fourth-order valence-electron chi connectivity index (χ4n) is 4.16. The van der Waals surface area contributed by atoms with Crippen LogP contribution in [0.2, 0.25) is 0 Å². The first-order valence-corrected chi connectivity index (χ1v) is 7.79. The lowest BCUT2D eigenvalue weighted by Gasteiger charge is -2.39. The monoisotopic (exact) mass is 238 g/mol. The number of likely N-dealkylation sites (tertiary alicyclic amines) is 1. The first kappa shape index (κ1) is 13.4. The van der Waals surface area contributed by atoms with Gasteiger partial charge < -0.3 is 5.73 Å². The van der Waals surface area contributed by atoms with Crippen LogP contribution in [0, 0.1) is 5.92 Å². The molecule has 1 saturated heterocycles. The third kappa shape index (κ3) is 2.85. The van der Waals surface area contributed by atoms with Gasteiger partial charge in [0.15, 0.2) is 0 Å². The Kier molecular flexibility index (Phi) is 4.87. The van der Waals surface area contributed by atoms with Gasteiger partial charge in [0.05, 0.1) is 0 Å². The van der Waals surface area contributed by atoms with Crippen molar-refractivity contribution in [2.75, 3.05) is 6.54 Å². The molecule has 1 heterocycles. The third-order valence-electron chi connectivity index (χ3n) is 5.01. The first-order chi connectivity index (χ1) is 8.27. The van der Waals surface area contributed by atoms with Crippen molar-refractivity contribution in [3.63, 3.8) is 0 Å². The zero-order valence-corrected chi connectivity index (χ0v) is 11.7. The Labute approximate surface area is 107 Å². The molecule has 2 rings (SSSR count). The third-order valence-corrected chi connectivity index (χ3v) is 5.01. The van der Waals surface area contributed by atoms with Crippen LogP contribution in [0.4, 0.5) is 0 Å². The molecule has 2 nitrogen and oxygen atoms in total. The van der Waals surface area contributed by atoms with Crippen LogP contribution in [0.3, 0.4) is 0 Å². The Morgan fingerprint density at radius 3 is 2.65 bits per heavy atom. The van der Waals surface area contributed by atoms with Crippen molar-refractivity contribution in [3.8, 4) is 0 Å². The largest absolute Gasteiger partial charge is 0.326 e. The smallest absolute Gasteiger partial charge is 0.0247 e. The average Bonchev–Trinajstić information content (AvgIpc) is 2.75. The van der Waals surface area contributed by atoms with Gasteiger partial charge in [-0.25, -0.2) is 0 Å². The van der Waals surface area contributed by atoms with Crippen LogP contribution in [-0.4, -0.2) is 29.6 Å². The van der Waals surface area contributed by atoms with Crippen LogP contribution in [0.1, 0.15) is 65.2 Å². The molecule has 0 amide bonds. The van der Waals surface area contributed by atoms with Crippen molar-refractivity contribution in [2.45, 2.75) is 83.3 Å². The fourth-order valence-corrected chi connectivity index (χ4v) is 4.16. The lowest BCUT2D eigenvalue weighted by molar-refractivity contribution is 0.110. The minimum absolute atomic E-state index is 0.394. The molecule has 2 heteroatoms. The molecule has 4 atom stereocenters. The minimum atomic E-state index is 0.394. The summed E-state index contributed by atoms with van der Waals surface area (Å²) in [7, 11) is 0. The van der Waals surface area contributed by atoms with Gasteiger partial charge in [-0.3, -0.25) is 4.90 Å². The number of hydrogen-bond donors (Lipinski definition) is 1. The molecule has 0 aromatic heterocycles. The zero-order valence-electron chi connectivity index (χ0n) is 11.7. The molecule has 4 unspecified atom stereocenters. The Bertz CT molecular complexity index is 229. The quantitative estimate of drug-likeness (QED) is 0.797. The van der Waals surface area contributed by atoms with Gasteiger partial charge in [0.25, 0.3) is 0 Å².